The molecule has 0 radical (unpaired) electrons. The molecule has 0 saturated carbocycles. The number of hydrogen-bond acceptors (Lipinski definition) is 3. The molecule has 0 aromatic carbocycles. The van der Waals surface area contributed by atoms with E-state index in [2.05, 4.69) is 5.32 Å². The zero-order chi connectivity index (χ0) is 15.1. The van der Waals surface area contributed by atoms with Crippen molar-refractivity contribution in [1.82, 2.24) is 10.2 Å². The average Bonchev–Trinajstić information content (AvgIpc) is 2.22. The van der Waals surface area contributed by atoms with Crippen LogP contribution in [-0.4, -0.2) is 49.0 Å². The Morgan fingerprint density at radius 3 is 2.37 bits per heavy atom. The normalized spacial score (nSPS) is 15.2. The Bertz CT molecular complexity index is 275. The zero-order valence-corrected chi connectivity index (χ0v) is 12.4. The summed E-state index contributed by atoms with van der Waals surface area (Å²) in [6.45, 7) is 6.09. The quantitative estimate of drug-likeness (QED) is 0.597. The molecule has 0 bridgehead atoms. The maximum Gasteiger partial charge on any atom is 0.251 e. The Balaban J connectivity index is 4.04. The van der Waals surface area contributed by atoms with Crippen LogP contribution in [0.25, 0.3) is 0 Å². The molecule has 0 aliphatic heterocycles. The maximum atomic E-state index is 12.1. The van der Waals surface area contributed by atoms with Crippen LogP contribution in [0.5, 0.6) is 0 Å². The molecule has 0 rings (SSSR count). The summed E-state index contributed by atoms with van der Waals surface area (Å²) in [7, 11) is 1.67. The van der Waals surface area contributed by atoms with E-state index in [-0.39, 0.29) is 18.5 Å². The van der Waals surface area contributed by atoms with Gasteiger partial charge in [0.2, 0.25) is 5.91 Å². The first-order valence-corrected chi connectivity index (χ1v) is 6.71. The van der Waals surface area contributed by atoms with Gasteiger partial charge in [0.1, 0.15) is 0 Å². The van der Waals surface area contributed by atoms with Crippen LogP contribution in [0.4, 0.5) is 8.78 Å². The van der Waals surface area contributed by atoms with Crippen molar-refractivity contribution in [3.05, 3.63) is 0 Å². The van der Waals surface area contributed by atoms with Gasteiger partial charge in [0.15, 0.2) is 0 Å². The third kappa shape index (κ3) is 8.10. The number of hydrogen-bond donors (Lipinski definition) is 2. The van der Waals surface area contributed by atoms with Crippen molar-refractivity contribution in [3.8, 4) is 0 Å². The second-order valence-corrected chi connectivity index (χ2v) is 5.61. The predicted molar refractivity (Wildman–Crippen MR) is 73.2 cm³/mol. The lowest BCUT2D eigenvalue weighted by Gasteiger charge is -2.30. The lowest BCUT2D eigenvalue weighted by Crippen LogP contribution is -2.55. The minimum Gasteiger partial charge on any atom is -0.368 e. The van der Waals surface area contributed by atoms with Gasteiger partial charge >= 0.3 is 0 Å². The second kappa shape index (κ2) is 8.43. The number of halogens is 2. The fourth-order valence-corrected chi connectivity index (χ4v) is 2.09. The highest BCUT2D eigenvalue weighted by Crippen LogP contribution is 2.15. The van der Waals surface area contributed by atoms with Gasteiger partial charge < -0.3 is 16.0 Å². The summed E-state index contributed by atoms with van der Waals surface area (Å²) in [5.74, 6) is -0.373. The summed E-state index contributed by atoms with van der Waals surface area (Å²) in [6, 6.07) is 0.166. The Hall–Kier alpha value is -0.750. The van der Waals surface area contributed by atoms with E-state index in [1.165, 1.54) is 0 Å². The molecule has 19 heavy (non-hydrogen) atoms. The second-order valence-electron chi connectivity index (χ2n) is 5.61. The number of nitrogens with zero attached hydrogens (tertiary/aromatic N) is 1. The van der Waals surface area contributed by atoms with E-state index in [1.807, 2.05) is 13.8 Å². The topological polar surface area (TPSA) is 58.4 Å². The molecule has 1 amide bonds. The van der Waals surface area contributed by atoms with Crippen LogP contribution in [0.3, 0.4) is 0 Å². The number of rotatable bonds is 10. The van der Waals surface area contributed by atoms with Crippen LogP contribution in [0.15, 0.2) is 0 Å². The van der Waals surface area contributed by atoms with E-state index in [9.17, 15) is 13.6 Å². The van der Waals surface area contributed by atoms with Crippen LogP contribution in [-0.2, 0) is 4.79 Å². The third-order valence-electron chi connectivity index (χ3n) is 3.07. The summed E-state index contributed by atoms with van der Waals surface area (Å²) in [5.41, 5.74) is 4.69. The predicted octanol–water partition coefficient (Wildman–Crippen LogP) is 1.60. The molecule has 6 heteroatoms. The van der Waals surface area contributed by atoms with Crippen LogP contribution < -0.4 is 11.1 Å². The van der Waals surface area contributed by atoms with Crippen molar-refractivity contribution in [2.45, 2.75) is 58.0 Å². The first kappa shape index (κ1) is 18.2. The van der Waals surface area contributed by atoms with Crippen molar-refractivity contribution in [1.29, 1.82) is 0 Å². The lowest BCUT2D eigenvalue weighted by molar-refractivity contribution is -0.124. The molecule has 0 aliphatic carbocycles. The summed E-state index contributed by atoms with van der Waals surface area (Å²) in [6.07, 6.45) is -0.148. The van der Waals surface area contributed by atoms with E-state index >= 15 is 0 Å². The number of carbonyl (C=O) groups excluding carboxylic acids is 1. The van der Waals surface area contributed by atoms with Crippen molar-refractivity contribution in [2.75, 3.05) is 20.1 Å². The van der Waals surface area contributed by atoms with E-state index in [0.29, 0.717) is 13.0 Å². The number of nitrogens with two attached hydrogens (primary N) is 1. The SMILES string of the molecule is CC(C)NC(C)(CCCCN(C)CC(F)F)C(N)=O. The molecule has 0 fully saturated rings. The highest BCUT2D eigenvalue weighted by Gasteiger charge is 2.30. The summed E-state index contributed by atoms with van der Waals surface area (Å²) < 4.78 is 24.2. The number of carbonyl (C=O) groups is 1. The lowest BCUT2D eigenvalue weighted by atomic mass is 9.93. The molecular formula is C13H27F2N3O. The molecule has 0 saturated heterocycles. The van der Waals surface area contributed by atoms with Crippen LogP contribution >= 0.6 is 0 Å². The van der Waals surface area contributed by atoms with E-state index in [0.717, 1.165) is 12.8 Å². The molecule has 114 valence electrons. The monoisotopic (exact) mass is 279 g/mol. The number of nitrogens with one attached hydrogen (secondary N) is 1. The van der Waals surface area contributed by atoms with Gasteiger partial charge in [-0.15, -0.1) is 0 Å². The molecule has 4 nitrogen and oxygen atoms in total. The smallest absolute Gasteiger partial charge is 0.251 e. The van der Waals surface area contributed by atoms with Gasteiger partial charge in [-0.1, -0.05) is 0 Å². The van der Waals surface area contributed by atoms with E-state index in [4.69, 9.17) is 5.73 Å². The summed E-state index contributed by atoms with van der Waals surface area (Å²) in [5, 5.41) is 3.17. The minimum atomic E-state index is -2.30. The van der Waals surface area contributed by atoms with Gasteiger partial charge in [-0.3, -0.25) is 4.79 Å². The molecule has 1 atom stereocenters. The standard InChI is InChI=1S/C13H27F2N3O/c1-10(2)17-13(3,12(16)19)7-5-6-8-18(4)9-11(14)15/h10-11,17H,5-9H2,1-4H3,(H2,16,19). The van der Waals surface area contributed by atoms with Crippen molar-refractivity contribution >= 4 is 5.91 Å². The minimum absolute atomic E-state index is 0.166. The van der Waals surface area contributed by atoms with E-state index in [1.54, 1.807) is 18.9 Å². The van der Waals surface area contributed by atoms with Crippen LogP contribution in [0.2, 0.25) is 0 Å². The molecule has 0 spiro atoms. The zero-order valence-electron chi connectivity index (χ0n) is 12.4. The number of amides is 1. The average molecular weight is 279 g/mol. The number of alkyl halides is 2. The molecule has 0 aromatic rings. The van der Waals surface area contributed by atoms with Crippen molar-refractivity contribution in [3.63, 3.8) is 0 Å². The Morgan fingerprint density at radius 2 is 1.95 bits per heavy atom. The van der Waals surface area contributed by atoms with Gasteiger partial charge in [0.05, 0.1) is 12.1 Å². The van der Waals surface area contributed by atoms with Gasteiger partial charge in [0.25, 0.3) is 6.43 Å². The number of primary amides is 1. The third-order valence-corrected chi connectivity index (χ3v) is 3.07. The molecule has 0 heterocycles. The highest BCUT2D eigenvalue weighted by atomic mass is 19.3. The molecule has 1 unspecified atom stereocenters. The molecule has 0 aliphatic rings. The summed E-state index contributed by atoms with van der Waals surface area (Å²) in [4.78, 5) is 13.1. The molecule has 3 N–H and O–H groups in total. The maximum absolute atomic E-state index is 12.1. The van der Waals surface area contributed by atoms with Crippen molar-refractivity contribution in [2.24, 2.45) is 5.73 Å². The van der Waals surface area contributed by atoms with E-state index < -0.39 is 12.0 Å². The van der Waals surface area contributed by atoms with Crippen LogP contribution in [0.1, 0.15) is 40.0 Å². The highest BCUT2D eigenvalue weighted by molar-refractivity contribution is 5.84. The Kier molecular flexibility index (Phi) is 8.09. The van der Waals surface area contributed by atoms with Crippen molar-refractivity contribution < 1.29 is 13.6 Å². The first-order valence-electron chi connectivity index (χ1n) is 6.71. The van der Waals surface area contributed by atoms with Crippen LogP contribution in [0, 0.1) is 0 Å². The first-order chi connectivity index (χ1) is 8.67. The van der Waals surface area contributed by atoms with Gasteiger partial charge in [-0.25, -0.2) is 8.78 Å². The van der Waals surface area contributed by atoms with Gasteiger partial charge in [-0.05, 0) is 53.6 Å². The van der Waals surface area contributed by atoms with Gasteiger partial charge in [-0.2, -0.15) is 0 Å². The molecular weight excluding hydrogens is 252 g/mol. The Labute approximate surface area is 114 Å². The Morgan fingerprint density at radius 1 is 1.37 bits per heavy atom. The fraction of sp³-hybridized carbons (Fsp3) is 0.923. The molecule has 0 aromatic heterocycles. The van der Waals surface area contributed by atoms with Gasteiger partial charge in [0, 0.05) is 6.04 Å². The fourth-order valence-electron chi connectivity index (χ4n) is 2.09. The number of unbranched alkanes of at least 4 members (excludes halogenated alkanes) is 1. The largest absolute Gasteiger partial charge is 0.368 e. The summed E-state index contributed by atoms with van der Waals surface area (Å²) >= 11 is 0.